The van der Waals surface area contributed by atoms with Crippen LogP contribution < -0.4 is 10.9 Å². The van der Waals surface area contributed by atoms with Crippen molar-refractivity contribution in [3.63, 3.8) is 0 Å². The molecule has 2 N–H and O–H groups in total. The molecule has 0 bridgehead atoms. The Bertz CT molecular complexity index is 491. The van der Waals surface area contributed by atoms with Crippen molar-refractivity contribution in [2.75, 3.05) is 18.6 Å². The molecule has 2 aromatic carbocycles. The van der Waals surface area contributed by atoms with E-state index in [4.69, 9.17) is 4.74 Å². The minimum Gasteiger partial charge on any atom is -0.375 e. The number of ether oxygens (including phenoxy) is 1. The van der Waals surface area contributed by atoms with Gasteiger partial charge in [-0.3, -0.25) is 0 Å². The van der Waals surface area contributed by atoms with Gasteiger partial charge in [0.1, 0.15) is 5.82 Å². The van der Waals surface area contributed by atoms with Crippen LogP contribution in [0.25, 0.3) is 0 Å². The lowest BCUT2D eigenvalue weighted by atomic mass is 10.2. The first-order chi connectivity index (χ1) is 9.34. The van der Waals surface area contributed by atoms with E-state index in [2.05, 4.69) is 10.9 Å². The van der Waals surface area contributed by atoms with E-state index < -0.39 is 0 Å². The number of hydrogen-bond acceptors (Lipinski definition) is 3. The van der Waals surface area contributed by atoms with E-state index in [1.807, 2.05) is 30.3 Å². The topological polar surface area (TPSA) is 33.3 Å². The molecule has 0 saturated carbocycles. The second-order valence-corrected chi connectivity index (χ2v) is 4.10. The van der Waals surface area contributed by atoms with Crippen LogP contribution in [-0.2, 0) is 11.3 Å². The Morgan fingerprint density at radius 2 is 1.84 bits per heavy atom. The summed E-state index contributed by atoms with van der Waals surface area (Å²) in [5.74, 6) is -0.257. The van der Waals surface area contributed by atoms with E-state index in [-0.39, 0.29) is 5.82 Å². The third-order valence-corrected chi connectivity index (χ3v) is 2.54. The van der Waals surface area contributed by atoms with E-state index in [9.17, 15) is 4.39 Å². The molecule has 0 saturated heterocycles. The van der Waals surface area contributed by atoms with Crippen molar-refractivity contribution in [1.82, 2.24) is 5.43 Å². The number of benzene rings is 2. The Morgan fingerprint density at radius 3 is 2.63 bits per heavy atom. The van der Waals surface area contributed by atoms with Crippen molar-refractivity contribution >= 4 is 5.69 Å². The van der Waals surface area contributed by atoms with E-state index >= 15 is 0 Å². The molecule has 4 heteroatoms. The highest BCUT2D eigenvalue weighted by Gasteiger charge is 1.94. The van der Waals surface area contributed by atoms with E-state index in [0.717, 1.165) is 5.56 Å². The first-order valence-electron chi connectivity index (χ1n) is 6.21. The average molecular weight is 260 g/mol. The zero-order valence-electron chi connectivity index (χ0n) is 10.6. The zero-order chi connectivity index (χ0) is 13.3. The Labute approximate surface area is 112 Å². The first kappa shape index (κ1) is 13.5. The number of rotatable bonds is 7. The highest BCUT2D eigenvalue weighted by Crippen LogP contribution is 2.07. The zero-order valence-corrected chi connectivity index (χ0v) is 10.6. The number of hydrazine groups is 1. The smallest absolute Gasteiger partial charge is 0.125 e. The van der Waals surface area contributed by atoms with E-state index in [1.54, 1.807) is 12.1 Å². The number of hydrogen-bond donors (Lipinski definition) is 2. The predicted octanol–water partition coefficient (Wildman–Crippen LogP) is 2.96. The lowest BCUT2D eigenvalue weighted by Crippen LogP contribution is -2.25. The van der Waals surface area contributed by atoms with Gasteiger partial charge < -0.3 is 10.2 Å². The first-order valence-corrected chi connectivity index (χ1v) is 6.21. The summed E-state index contributed by atoms with van der Waals surface area (Å²) in [5.41, 5.74) is 7.74. The maximum atomic E-state index is 12.9. The summed E-state index contributed by atoms with van der Waals surface area (Å²) >= 11 is 0. The van der Waals surface area contributed by atoms with Gasteiger partial charge in [0, 0.05) is 6.54 Å². The Kier molecular flexibility index (Phi) is 5.34. The van der Waals surface area contributed by atoms with Gasteiger partial charge in [0.25, 0.3) is 0 Å². The van der Waals surface area contributed by atoms with Crippen molar-refractivity contribution in [1.29, 1.82) is 0 Å². The van der Waals surface area contributed by atoms with Crippen LogP contribution >= 0.6 is 0 Å². The van der Waals surface area contributed by atoms with Gasteiger partial charge in [0.15, 0.2) is 0 Å². The van der Waals surface area contributed by atoms with Gasteiger partial charge in [-0.15, -0.1) is 0 Å². The van der Waals surface area contributed by atoms with Gasteiger partial charge in [-0.25, -0.2) is 9.82 Å². The quantitative estimate of drug-likeness (QED) is 0.593. The van der Waals surface area contributed by atoms with Gasteiger partial charge in [-0.05, 0) is 23.8 Å². The molecular weight excluding hydrogens is 243 g/mol. The molecule has 0 aliphatic heterocycles. The van der Waals surface area contributed by atoms with Crippen LogP contribution in [0, 0.1) is 5.82 Å². The molecule has 0 radical (unpaired) electrons. The minimum atomic E-state index is -0.257. The Morgan fingerprint density at radius 1 is 1.00 bits per heavy atom. The van der Waals surface area contributed by atoms with Gasteiger partial charge in [-0.1, -0.05) is 36.4 Å². The van der Waals surface area contributed by atoms with E-state index in [1.165, 1.54) is 12.1 Å². The monoisotopic (exact) mass is 260 g/mol. The molecule has 19 heavy (non-hydrogen) atoms. The standard InChI is InChI=1S/C15H17FN2O/c16-14-7-4-8-15(11-14)18-17-9-10-19-12-13-5-2-1-3-6-13/h1-8,11,17-18H,9-10,12H2. The molecule has 2 rings (SSSR count). The van der Waals surface area contributed by atoms with Crippen LogP contribution in [0.15, 0.2) is 54.6 Å². The molecule has 0 atom stereocenters. The molecule has 0 heterocycles. The molecule has 3 nitrogen and oxygen atoms in total. The molecule has 0 amide bonds. The summed E-state index contributed by atoms with van der Waals surface area (Å²) < 4.78 is 18.4. The summed E-state index contributed by atoms with van der Waals surface area (Å²) in [6.07, 6.45) is 0. The van der Waals surface area contributed by atoms with Crippen LogP contribution in [0.2, 0.25) is 0 Å². The third kappa shape index (κ3) is 5.07. The fraction of sp³-hybridized carbons (Fsp3) is 0.200. The van der Waals surface area contributed by atoms with Gasteiger partial charge in [-0.2, -0.15) is 0 Å². The highest BCUT2D eigenvalue weighted by molar-refractivity contribution is 5.41. The normalized spacial score (nSPS) is 10.4. The summed E-state index contributed by atoms with van der Waals surface area (Å²) in [4.78, 5) is 0. The van der Waals surface area contributed by atoms with Crippen LogP contribution in [-0.4, -0.2) is 13.2 Å². The summed E-state index contributed by atoms with van der Waals surface area (Å²) in [5, 5.41) is 0. The van der Waals surface area contributed by atoms with Crippen molar-refractivity contribution in [3.8, 4) is 0 Å². The summed E-state index contributed by atoms with van der Waals surface area (Å²) in [6.45, 7) is 1.82. The number of anilines is 1. The molecule has 2 aromatic rings. The maximum absolute atomic E-state index is 12.9. The van der Waals surface area contributed by atoms with Crippen LogP contribution in [0.1, 0.15) is 5.56 Å². The van der Waals surface area contributed by atoms with Crippen molar-refractivity contribution < 1.29 is 9.13 Å². The van der Waals surface area contributed by atoms with Crippen molar-refractivity contribution in [3.05, 3.63) is 66.0 Å². The third-order valence-electron chi connectivity index (χ3n) is 2.54. The average Bonchev–Trinajstić information content (AvgIpc) is 2.44. The van der Waals surface area contributed by atoms with Crippen molar-refractivity contribution in [2.24, 2.45) is 0 Å². The lowest BCUT2D eigenvalue weighted by Gasteiger charge is -2.09. The van der Waals surface area contributed by atoms with Crippen molar-refractivity contribution in [2.45, 2.75) is 6.61 Å². The molecule has 100 valence electrons. The Balaban J connectivity index is 1.58. The highest BCUT2D eigenvalue weighted by atomic mass is 19.1. The second kappa shape index (κ2) is 7.51. The molecule has 0 aliphatic carbocycles. The second-order valence-electron chi connectivity index (χ2n) is 4.10. The maximum Gasteiger partial charge on any atom is 0.125 e. The molecule has 0 unspecified atom stereocenters. The molecule has 0 aliphatic rings. The number of nitrogens with one attached hydrogen (secondary N) is 2. The largest absolute Gasteiger partial charge is 0.375 e. The van der Waals surface area contributed by atoms with Crippen LogP contribution in [0.5, 0.6) is 0 Å². The Hall–Kier alpha value is -1.91. The molecule has 0 aromatic heterocycles. The molecule has 0 spiro atoms. The summed E-state index contributed by atoms with van der Waals surface area (Å²) in [7, 11) is 0. The predicted molar refractivity (Wildman–Crippen MR) is 74.1 cm³/mol. The summed E-state index contributed by atoms with van der Waals surface area (Å²) in [6, 6.07) is 16.3. The SMILES string of the molecule is Fc1cccc(NNCCOCc2ccccc2)c1. The van der Waals surface area contributed by atoms with Gasteiger partial charge in [0.05, 0.1) is 18.9 Å². The lowest BCUT2D eigenvalue weighted by molar-refractivity contribution is 0.124. The van der Waals surface area contributed by atoms with Gasteiger partial charge in [0.2, 0.25) is 0 Å². The number of halogens is 1. The minimum absolute atomic E-state index is 0.257. The van der Waals surface area contributed by atoms with Crippen LogP contribution in [0.3, 0.4) is 0 Å². The van der Waals surface area contributed by atoms with Gasteiger partial charge >= 0.3 is 0 Å². The fourth-order valence-electron chi connectivity index (χ4n) is 1.62. The fourth-order valence-corrected chi connectivity index (χ4v) is 1.62. The van der Waals surface area contributed by atoms with Crippen LogP contribution in [0.4, 0.5) is 10.1 Å². The van der Waals surface area contributed by atoms with E-state index in [0.29, 0.717) is 25.4 Å². The molecule has 0 fully saturated rings. The molecular formula is C15H17FN2O.